The van der Waals surface area contributed by atoms with E-state index in [1.165, 1.54) is 17.8 Å². The van der Waals surface area contributed by atoms with Crippen molar-refractivity contribution >= 4 is 17.4 Å². The molecule has 17 heavy (non-hydrogen) atoms. The average molecular weight is 251 g/mol. The Hall–Kier alpha value is -1.55. The number of hydrogen-bond acceptors (Lipinski definition) is 2. The first kappa shape index (κ1) is 11.9. The highest BCUT2D eigenvalue weighted by Gasteiger charge is 2.07. The fraction of sp³-hybridized carbons (Fsp3) is 0.0769. The molecular weight excluding hydrogens is 240 g/mol. The molecule has 0 unspecified atom stereocenters. The van der Waals surface area contributed by atoms with Crippen molar-refractivity contribution in [2.24, 2.45) is 0 Å². The van der Waals surface area contributed by atoms with Crippen molar-refractivity contribution in [2.45, 2.75) is 10.6 Å². The predicted octanol–water partition coefficient (Wildman–Crippen LogP) is 3.84. The van der Waals surface area contributed by atoms with Gasteiger partial charge >= 0.3 is 0 Å². The first-order valence-corrected chi connectivity index (χ1v) is 6.06. The van der Waals surface area contributed by atoms with Gasteiger partial charge in [-0.15, -0.1) is 11.8 Å². The first-order chi connectivity index (χ1) is 8.16. The van der Waals surface area contributed by atoms with Gasteiger partial charge in [-0.3, -0.25) is 0 Å². The van der Waals surface area contributed by atoms with Gasteiger partial charge in [0.25, 0.3) is 0 Å². The summed E-state index contributed by atoms with van der Waals surface area (Å²) >= 11 is 1.42. The maximum Gasteiger partial charge on any atom is 0.162 e. The topological polar surface area (TPSA) is 26.0 Å². The number of hydrogen-bond donors (Lipinski definition) is 1. The molecule has 88 valence electrons. The molecule has 0 aliphatic rings. The third-order valence-electron chi connectivity index (χ3n) is 2.28. The summed E-state index contributed by atoms with van der Waals surface area (Å²) in [6.45, 7) is 0. The number of anilines is 1. The molecule has 4 heteroatoms. The van der Waals surface area contributed by atoms with Crippen molar-refractivity contribution in [3.8, 4) is 0 Å². The fourth-order valence-electron chi connectivity index (χ4n) is 1.43. The van der Waals surface area contributed by atoms with E-state index in [0.717, 1.165) is 11.0 Å². The minimum Gasteiger partial charge on any atom is -0.399 e. The Kier molecular flexibility index (Phi) is 3.64. The molecule has 0 spiro atoms. The van der Waals surface area contributed by atoms with Crippen molar-refractivity contribution in [3.05, 3.63) is 59.7 Å². The molecular formula is C13H11F2NS. The van der Waals surface area contributed by atoms with Crippen LogP contribution in [0, 0.1) is 11.6 Å². The van der Waals surface area contributed by atoms with Crippen molar-refractivity contribution in [1.29, 1.82) is 0 Å². The van der Waals surface area contributed by atoms with E-state index in [1.807, 2.05) is 18.2 Å². The first-order valence-electron chi connectivity index (χ1n) is 5.08. The summed E-state index contributed by atoms with van der Waals surface area (Å²) in [7, 11) is 0. The van der Waals surface area contributed by atoms with E-state index >= 15 is 0 Å². The van der Waals surface area contributed by atoms with Crippen LogP contribution in [0.25, 0.3) is 0 Å². The standard InChI is InChI=1S/C13H11F2NS/c14-12-6-1-3-9(13(12)15)8-17-11-5-2-4-10(16)7-11/h1-7H,8,16H2. The van der Waals surface area contributed by atoms with Gasteiger partial charge in [0, 0.05) is 21.9 Å². The van der Waals surface area contributed by atoms with Crippen molar-refractivity contribution < 1.29 is 8.78 Å². The summed E-state index contributed by atoms with van der Waals surface area (Å²) in [5.41, 5.74) is 6.65. The van der Waals surface area contributed by atoms with Gasteiger partial charge in [0.2, 0.25) is 0 Å². The molecule has 2 rings (SSSR count). The maximum atomic E-state index is 13.4. The smallest absolute Gasteiger partial charge is 0.162 e. The highest BCUT2D eigenvalue weighted by Crippen LogP contribution is 2.25. The van der Waals surface area contributed by atoms with Crippen LogP contribution < -0.4 is 5.73 Å². The number of thioether (sulfide) groups is 1. The van der Waals surface area contributed by atoms with Gasteiger partial charge in [-0.2, -0.15) is 0 Å². The average Bonchev–Trinajstić information content (AvgIpc) is 2.31. The second kappa shape index (κ2) is 5.19. The summed E-state index contributed by atoms with van der Waals surface area (Å²) in [5, 5.41) is 0. The molecule has 0 aliphatic carbocycles. The summed E-state index contributed by atoms with van der Waals surface area (Å²) in [4.78, 5) is 0.939. The number of rotatable bonds is 3. The van der Waals surface area contributed by atoms with E-state index < -0.39 is 11.6 Å². The molecule has 2 aromatic carbocycles. The van der Waals surface area contributed by atoms with Crippen molar-refractivity contribution in [1.82, 2.24) is 0 Å². The summed E-state index contributed by atoms with van der Waals surface area (Å²) in [5.74, 6) is -1.20. The van der Waals surface area contributed by atoms with Crippen LogP contribution in [-0.4, -0.2) is 0 Å². The Balaban J connectivity index is 2.10. The third kappa shape index (κ3) is 2.97. The number of nitrogen functional groups attached to an aromatic ring is 1. The van der Waals surface area contributed by atoms with Crippen LogP contribution in [0.5, 0.6) is 0 Å². The van der Waals surface area contributed by atoms with Crippen molar-refractivity contribution in [3.63, 3.8) is 0 Å². The molecule has 1 nitrogen and oxygen atoms in total. The van der Waals surface area contributed by atoms with Gasteiger partial charge in [-0.1, -0.05) is 18.2 Å². The second-order valence-corrected chi connectivity index (χ2v) is 4.62. The third-order valence-corrected chi connectivity index (χ3v) is 3.33. The van der Waals surface area contributed by atoms with Crippen LogP contribution in [0.1, 0.15) is 5.56 Å². The number of nitrogens with two attached hydrogens (primary N) is 1. The zero-order valence-corrected chi connectivity index (χ0v) is 9.81. The lowest BCUT2D eigenvalue weighted by molar-refractivity contribution is 0.502. The lowest BCUT2D eigenvalue weighted by Gasteiger charge is -2.04. The molecule has 0 fully saturated rings. The zero-order chi connectivity index (χ0) is 12.3. The lowest BCUT2D eigenvalue weighted by atomic mass is 10.2. The second-order valence-electron chi connectivity index (χ2n) is 3.57. The molecule has 0 aliphatic heterocycles. The Morgan fingerprint density at radius 3 is 2.59 bits per heavy atom. The van der Waals surface area contributed by atoms with Gasteiger partial charge in [-0.25, -0.2) is 8.78 Å². The quantitative estimate of drug-likeness (QED) is 0.662. The van der Waals surface area contributed by atoms with Crippen LogP contribution in [0.4, 0.5) is 14.5 Å². The summed E-state index contributed by atoms with van der Waals surface area (Å²) in [6.07, 6.45) is 0. The molecule has 0 heterocycles. The molecule has 0 aromatic heterocycles. The minimum absolute atomic E-state index is 0.359. The Labute approximate surface area is 103 Å². The van der Waals surface area contributed by atoms with Gasteiger partial charge in [0.15, 0.2) is 11.6 Å². The Morgan fingerprint density at radius 2 is 1.82 bits per heavy atom. The monoisotopic (exact) mass is 251 g/mol. The van der Waals surface area contributed by atoms with Crippen LogP contribution in [0.3, 0.4) is 0 Å². The van der Waals surface area contributed by atoms with Crippen LogP contribution in [0.15, 0.2) is 47.4 Å². The largest absolute Gasteiger partial charge is 0.399 e. The van der Waals surface area contributed by atoms with Crippen molar-refractivity contribution in [2.75, 3.05) is 5.73 Å². The van der Waals surface area contributed by atoms with E-state index in [-0.39, 0.29) is 0 Å². The SMILES string of the molecule is Nc1cccc(SCc2cccc(F)c2F)c1. The van der Waals surface area contributed by atoms with E-state index in [0.29, 0.717) is 17.0 Å². The Bertz CT molecular complexity index is 529. The van der Waals surface area contributed by atoms with Gasteiger partial charge < -0.3 is 5.73 Å². The molecule has 2 aromatic rings. The van der Waals surface area contributed by atoms with Gasteiger partial charge in [0.1, 0.15) is 0 Å². The fourth-order valence-corrected chi connectivity index (χ4v) is 2.36. The highest BCUT2D eigenvalue weighted by molar-refractivity contribution is 7.98. The van der Waals surface area contributed by atoms with Crippen LogP contribution >= 0.6 is 11.8 Å². The summed E-state index contributed by atoms with van der Waals surface area (Å²) < 4.78 is 26.3. The maximum absolute atomic E-state index is 13.4. The highest BCUT2D eigenvalue weighted by atomic mass is 32.2. The van der Waals surface area contributed by atoms with E-state index in [4.69, 9.17) is 5.73 Å². The Morgan fingerprint density at radius 1 is 1.06 bits per heavy atom. The number of halogens is 2. The van der Waals surface area contributed by atoms with Gasteiger partial charge in [-0.05, 0) is 24.3 Å². The zero-order valence-electron chi connectivity index (χ0n) is 8.99. The van der Waals surface area contributed by atoms with Gasteiger partial charge in [0.05, 0.1) is 0 Å². The van der Waals surface area contributed by atoms with E-state index in [9.17, 15) is 8.78 Å². The van der Waals surface area contributed by atoms with E-state index in [2.05, 4.69) is 0 Å². The molecule has 0 atom stereocenters. The predicted molar refractivity (Wildman–Crippen MR) is 66.8 cm³/mol. The normalized spacial score (nSPS) is 10.5. The molecule has 0 radical (unpaired) electrons. The molecule has 2 N–H and O–H groups in total. The van der Waals surface area contributed by atoms with Crippen LogP contribution in [-0.2, 0) is 5.75 Å². The lowest BCUT2D eigenvalue weighted by Crippen LogP contribution is -1.92. The molecule has 0 saturated carbocycles. The number of benzene rings is 2. The minimum atomic E-state index is -0.810. The molecule has 0 bridgehead atoms. The molecule has 0 amide bonds. The molecule has 0 saturated heterocycles. The van der Waals surface area contributed by atoms with E-state index in [1.54, 1.807) is 12.1 Å². The van der Waals surface area contributed by atoms with Crippen LogP contribution in [0.2, 0.25) is 0 Å². The summed E-state index contributed by atoms with van der Waals surface area (Å²) in [6, 6.07) is 11.5.